The van der Waals surface area contributed by atoms with Crippen LogP contribution in [0.2, 0.25) is 0 Å². The van der Waals surface area contributed by atoms with E-state index in [0.717, 1.165) is 88.4 Å². The SMILES string of the molecule is c1ccc(-c2ccc(N(c3ccc4c(c3)C(c3ccccc3)(c3ccccc3)c3ccccc3-4)c3ccc4c(c3)oc3c(-c5cccc6c5oc5ccccc56)c5ccccc5cc34)cc2)cc1. The number of para-hydroxylation sites is 2. The number of furan rings is 2. The Morgan fingerprint density at radius 1 is 0.309 bits per heavy atom. The van der Waals surface area contributed by atoms with Gasteiger partial charge in [0.15, 0.2) is 0 Å². The number of hydrogen-bond acceptors (Lipinski definition) is 3. The third kappa shape index (κ3) is 5.66. The molecule has 0 fully saturated rings. The van der Waals surface area contributed by atoms with Crippen molar-refractivity contribution in [2.24, 2.45) is 0 Å². The molecule has 13 aromatic rings. The van der Waals surface area contributed by atoms with Crippen LogP contribution in [0.25, 0.3) is 88.0 Å². The van der Waals surface area contributed by atoms with Crippen LogP contribution in [0.5, 0.6) is 0 Å². The fourth-order valence-corrected chi connectivity index (χ4v) is 11.4. The summed E-state index contributed by atoms with van der Waals surface area (Å²) >= 11 is 0. The van der Waals surface area contributed by atoms with E-state index in [1.54, 1.807) is 0 Å². The zero-order valence-electron chi connectivity index (χ0n) is 36.9. The predicted octanol–water partition coefficient (Wildman–Crippen LogP) is 17.8. The second-order valence-corrected chi connectivity index (χ2v) is 17.9. The third-order valence-corrected chi connectivity index (χ3v) is 14.3. The highest BCUT2D eigenvalue weighted by atomic mass is 16.3. The lowest BCUT2D eigenvalue weighted by Gasteiger charge is -2.35. The summed E-state index contributed by atoms with van der Waals surface area (Å²) in [4.78, 5) is 2.39. The minimum absolute atomic E-state index is 0.545. The van der Waals surface area contributed by atoms with Crippen LogP contribution >= 0.6 is 0 Å². The molecule has 0 saturated carbocycles. The first kappa shape index (κ1) is 38.4. The van der Waals surface area contributed by atoms with Crippen LogP contribution in [-0.4, -0.2) is 0 Å². The van der Waals surface area contributed by atoms with Gasteiger partial charge in [-0.2, -0.15) is 0 Å². The molecule has 0 aliphatic heterocycles. The van der Waals surface area contributed by atoms with Gasteiger partial charge in [-0.25, -0.2) is 0 Å². The highest BCUT2D eigenvalue weighted by molar-refractivity contribution is 6.22. The number of rotatable bonds is 7. The fourth-order valence-electron chi connectivity index (χ4n) is 11.4. The van der Waals surface area contributed by atoms with Crippen molar-refractivity contribution >= 4 is 71.7 Å². The topological polar surface area (TPSA) is 29.5 Å². The van der Waals surface area contributed by atoms with E-state index in [9.17, 15) is 0 Å². The lowest BCUT2D eigenvalue weighted by molar-refractivity contribution is 0.665. The zero-order valence-corrected chi connectivity index (χ0v) is 36.9. The van der Waals surface area contributed by atoms with Crippen molar-refractivity contribution in [3.05, 3.63) is 271 Å². The molecule has 3 heteroatoms. The molecule has 0 unspecified atom stereocenters. The van der Waals surface area contributed by atoms with Crippen molar-refractivity contribution < 1.29 is 8.83 Å². The van der Waals surface area contributed by atoms with Crippen LogP contribution in [0.3, 0.4) is 0 Å². The molecule has 0 atom stereocenters. The van der Waals surface area contributed by atoms with Crippen LogP contribution in [-0.2, 0) is 5.41 Å². The van der Waals surface area contributed by atoms with E-state index in [1.807, 2.05) is 12.1 Å². The minimum Gasteiger partial charge on any atom is -0.455 e. The second kappa shape index (κ2) is 15.1. The van der Waals surface area contributed by atoms with Gasteiger partial charge in [0.1, 0.15) is 22.3 Å². The third-order valence-electron chi connectivity index (χ3n) is 14.3. The van der Waals surface area contributed by atoms with E-state index >= 15 is 0 Å². The number of nitrogens with zero attached hydrogens (tertiary/aromatic N) is 1. The largest absolute Gasteiger partial charge is 0.455 e. The van der Waals surface area contributed by atoms with E-state index in [1.165, 1.54) is 38.9 Å². The summed E-state index contributed by atoms with van der Waals surface area (Å²) < 4.78 is 13.9. The van der Waals surface area contributed by atoms with Gasteiger partial charge in [-0.3, -0.25) is 0 Å². The van der Waals surface area contributed by atoms with E-state index < -0.39 is 5.41 Å². The summed E-state index contributed by atoms with van der Waals surface area (Å²) in [5.41, 5.74) is 17.8. The first-order valence-corrected chi connectivity index (χ1v) is 23.3. The maximum absolute atomic E-state index is 7.21. The Labute approximate surface area is 393 Å². The normalized spacial score (nSPS) is 12.8. The van der Waals surface area contributed by atoms with Crippen LogP contribution in [0.4, 0.5) is 17.1 Å². The molecule has 3 nitrogen and oxygen atoms in total. The van der Waals surface area contributed by atoms with Crippen molar-refractivity contribution in [2.45, 2.75) is 5.41 Å². The first-order chi connectivity index (χ1) is 33.7. The summed E-state index contributed by atoms with van der Waals surface area (Å²) in [5.74, 6) is 0. The molecule has 0 amide bonds. The van der Waals surface area contributed by atoms with Crippen molar-refractivity contribution in [2.75, 3.05) is 4.90 Å². The molecule has 0 N–H and O–H groups in total. The molecule has 68 heavy (non-hydrogen) atoms. The van der Waals surface area contributed by atoms with Crippen molar-refractivity contribution in [3.63, 3.8) is 0 Å². The summed E-state index contributed by atoms with van der Waals surface area (Å²) in [5, 5.41) is 6.59. The maximum Gasteiger partial charge on any atom is 0.144 e. The average molecular weight is 868 g/mol. The highest BCUT2D eigenvalue weighted by Crippen LogP contribution is 2.57. The van der Waals surface area contributed by atoms with Gasteiger partial charge < -0.3 is 13.7 Å². The summed E-state index contributed by atoms with van der Waals surface area (Å²) in [7, 11) is 0. The molecule has 0 spiro atoms. The molecular formula is C65H41NO2. The number of fused-ring (bicyclic) bond motifs is 10. The lowest BCUT2D eigenvalue weighted by atomic mass is 9.67. The average Bonchev–Trinajstić information content (AvgIpc) is 4.07. The summed E-state index contributed by atoms with van der Waals surface area (Å²) in [6.45, 7) is 0. The zero-order chi connectivity index (χ0) is 44.8. The van der Waals surface area contributed by atoms with Crippen LogP contribution in [0.15, 0.2) is 258 Å². The smallest absolute Gasteiger partial charge is 0.144 e. The summed E-state index contributed by atoms with van der Waals surface area (Å²) in [6.07, 6.45) is 0. The Morgan fingerprint density at radius 2 is 0.868 bits per heavy atom. The molecule has 318 valence electrons. The first-order valence-electron chi connectivity index (χ1n) is 23.3. The molecule has 0 radical (unpaired) electrons. The van der Waals surface area contributed by atoms with Gasteiger partial charge in [0.05, 0.1) is 5.41 Å². The Kier molecular flexibility index (Phi) is 8.50. The molecule has 1 aliphatic rings. The van der Waals surface area contributed by atoms with Crippen molar-refractivity contribution in [3.8, 4) is 33.4 Å². The van der Waals surface area contributed by atoms with Gasteiger partial charge in [-0.05, 0) is 104 Å². The molecule has 14 rings (SSSR count). The van der Waals surface area contributed by atoms with Gasteiger partial charge in [-0.1, -0.05) is 194 Å². The minimum atomic E-state index is -0.545. The van der Waals surface area contributed by atoms with Crippen LogP contribution in [0, 0.1) is 0 Å². The van der Waals surface area contributed by atoms with E-state index in [-0.39, 0.29) is 0 Å². The Bertz CT molecular complexity index is 4030. The predicted molar refractivity (Wildman–Crippen MR) is 281 cm³/mol. The fraction of sp³-hybridized carbons (Fsp3) is 0.0154. The van der Waals surface area contributed by atoms with E-state index in [0.29, 0.717) is 0 Å². The van der Waals surface area contributed by atoms with Gasteiger partial charge in [-0.15, -0.1) is 0 Å². The van der Waals surface area contributed by atoms with Gasteiger partial charge >= 0.3 is 0 Å². The monoisotopic (exact) mass is 867 g/mol. The molecule has 0 bridgehead atoms. The van der Waals surface area contributed by atoms with E-state index in [2.05, 4.69) is 241 Å². The molecule has 1 aliphatic carbocycles. The Hall–Kier alpha value is -8.92. The van der Waals surface area contributed by atoms with Crippen molar-refractivity contribution in [1.29, 1.82) is 0 Å². The van der Waals surface area contributed by atoms with Gasteiger partial charge in [0, 0.05) is 55.8 Å². The number of benzene rings is 11. The van der Waals surface area contributed by atoms with Crippen LogP contribution < -0.4 is 4.90 Å². The molecule has 0 saturated heterocycles. The molecule has 11 aromatic carbocycles. The van der Waals surface area contributed by atoms with Crippen LogP contribution in [0.1, 0.15) is 22.3 Å². The van der Waals surface area contributed by atoms with E-state index in [4.69, 9.17) is 8.83 Å². The van der Waals surface area contributed by atoms with Gasteiger partial charge in [0.25, 0.3) is 0 Å². The number of hydrogen-bond donors (Lipinski definition) is 0. The lowest BCUT2D eigenvalue weighted by Crippen LogP contribution is -2.28. The summed E-state index contributed by atoms with van der Waals surface area (Å²) in [6, 6.07) is 89.9. The molecular weight excluding hydrogens is 827 g/mol. The van der Waals surface area contributed by atoms with Gasteiger partial charge in [0.2, 0.25) is 0 Å². The quantitative estimate of drug-likeness (QED) is 0.160. The van der Waals surface area contributed by atoms with Crippen molar-refractivity contribution in [1.82, 2.24) is 0 Å². The Morgan fingerprint density at radius 3 is 1.66 bits per heavy atom. The number of anilines is 3. The molecule has 2 aromatic heterocycles. The standard InChI is InChI=1S/C65H41NO2/c1-4-17-42(18-5-1)43-31-33-47(34-32-43)66(48-35-37-52-51-25-12-14-29-58(51)65(59(52)40-48,45-20-6-2-7-21-45)46-22-8-3-9-23-46)49-36-38-54-57-39-44-19-10-11-24-50(44)62(64(57)68-61(54)41-49)56-28-16-27-55-53-26-13-15-30-60(53)67-63(55)56/h1-41H. The Balaban J connectivity index is 1.01. The highest BCUT2D eigenvalue weighted by Gasteiger charge is 2.46. The maximum atomic E-state index is 7.21. The second-order valence-electron chi connectivity index (χ2n) is 17.9. The molecule has 2 heterocycles.